The summed E-state index contributed by atoms with van der Waals surface area (Å²) in [5.74, 6) is -0.450. The Hall–Kier alpha value is -2.88. The van der Waals surface area contributed by atoms with Gasteiger partial charge >= 0.3 is 0 Å². The molecule has 3 heterocycles. The van der Waals surface area contributed by atoms with Gasteiger partial charge in [-0.05, 0) is 29.7 Å². The molecule has 0 bridgehead atoms. The third kappa shape index (κ3) is 2.23. The van der Waals surface area contributed by atoms with E-state index in [0.29, 0.717) is 12.3 Å². The second kappa shape index (κ2) is 5.39. The number of nitrogens with two attached hydrogens (primary N) is 1. The molecule has 4 heteroatoms. The lowest BCUT2D eigenvalue weighted by Crippen LogP contribution is -2.27. The summed E-state index contributed by atoms with van der Waals surface area (Å²) in [5.41, 5.74) is 11.6. The molecule has 0 spiro atoms. The van der Waals surface area contributed by atoms with Gasteiger partial charge in [0.05, 0.1) is 5.52 Å². The first-order chi connectivity index (χ1) is 11.3. The number of benzene rings is 1. The zero-order valence-electron chi connectivity index (χ0n) is 12.7. The fourth-order valence-electron chi connectivity index (χ4n) is 3.40. The Kier molecular flexibility index (Phi) is 3.23. The standard InChI is InChI=1S/C19H17N3O/c20-19(23)18-17-14(9-10-21-18)16(12-13-6-2-1-3-7-13)22-11-5-4-8-15(17)22/h1-8,11H,9-10,12H2,(H2,20,23). The molecule has 0 radical (unpaired) electrons. The van der Waals surface area contributed by atoms with Crippen LogP contribution < -0.4 is 5.73 Å². The van der Waals surface area contributed by atoms with Crippen LogP contribution >= 0.6 is 0 Å². The minimum absolute atomic E-state index is 0.411. The summed E-state index contributed by atoms with van der Waals surface area (Å²) in [4.78, 5) is 16.2. The summed E-state index contributed by atoms with van der Waals surface area (Å²) in [6, 6.07) is 16.4. The number of hydrogen-bond acceptors (Lipinski definition) is 2. The van der Waals surface area contributed by atoms with Crippen molar-refractivity contribution in [1.29, 1.82) is 0 Å². The number of hydrogen-bond donors (Lipinski definition) is 1. The van der Waals surface area contributed by atoms with Gasteiger partial charge in [-0.1, -0.05) is 36.4 Å². The zero-order valence-corrected chi connectivity index (χ0v) is 12.7. The first-order valence-corrected chi connectivity index (χ1v) is 7.75. The topological polar surface area (TPSA) is 59.9 Å². The molecule has 1 aliphatic rings. The molecule has 1 aromatic carbocycles. The molecule has 2 aromatic heterocycles. The molecule has 1 aliphatic heterocycles. The molecule has 0 aliphatic carbocycles. The van der Waals surface area contributed by atoms with E-state index in [2.05, 4.69) is 21.5 Å². The van der Waals surface area contributed by atoms with Crippen LogP contribution in [0.1, 0.15) is 22.4 Å². The average molecular weight is 303 g/mol. The van der Waals surface area contributed by atoms with Crippen molar-refractivity contribution in [2.24, 2.45) is 10.7 Å². The Labute approximate surface area is 134 Å². The molecule has 0 unspecified atom stereocenters. The Morgan fingerprint density at radius 2 is 1.91 bits per heavy atom. The van der Waals surface area contributed by atoms with Crippen molar-refractivity contribution in [3.63, 3.8) is 0 Å². The number of pyridine rings is 1. The van der Waals surface area contributed by atoms with Crippen molar-refractivity contribution in [3.8, 4) is 0 Å². The highest BCUT2D eigenvalue weighted by molar-refractivity contribution is 6.47. The number of nitrogens with zero attached hydrogens (tertiary/aromatic N) is 2. The minimum Gasteiger partial charge on any atom is -0.364 e. The van der Waals surface area contributed by atoms with Crippen molar-refractivity contribution < 1.29 is 4.79 Å². The Balaban J connectivity index is 1.95. The first kappa shape index (κ1) is 13.8. The molecule has 2 N–H and O–H groups in total. The average Bonchev–Trinajstić information content (AvgIpc) is 2.90. The number of amides is 1. The van der Waals surface area contributed by atoms with E-state index in [1.165, 1.54) is 16.8 Å². The summed E-state index contributed by atoms with van der Waals surface area (Å²) in [7, 11) is 0. The molecular weight excluding hydrogens is 286 g/mol. The van der Waals surface area contributed by atoms with Crippen LogP contribution in [0, 0.1) is 0 Å². The molecule has 0 atom stereocenters. The van der Waals surface area contributed by atoms with Gasteiger partial charge < -0.3 is 10.1 Å². The second-order valence-electron chi connectivity index (χ2n) is 5.76. The third-order valence-electron chi connectivity index (χ3n) is 4.37. The maximum absolute atomic E-state index is 11.8. The van der Waals surface area contributed by atoms with Gasteiger partial charge in [0.25, 0.3) is 5.91 Å². The SMILES string of the molecule is NC(=O)C1=NCCc2c1c1ccccn1c2Cc1ccccc1. The summed E-state index contributed by atoms with van der Waals surface area (Å²) >= 11 is 0. The Bertz CT molecular complexity index is 922. The van der Waals surface area contributed by atoms with E-state index < -0.39 is 5.91 Å². The van der Waals surface area contributed by atoms with E-state index >= 15 is 0 Å². The monoisotopic (exact) mass is 303 g/mol. The lowest BCUT2D eigenvalue weighted by Gasteiger charge is -2.12. The summed E-state index contributed by atoms with van der Waals surface area (Å²) in [5, 5.41) is 0. The fraction of sp³-hybridized carbons (Fsp3) is 0.158. The molecular formula is C19H17N3O. The zero-order chi connectivity index (χ0) is 15.8. The van der Waals surface area contributed by atoms with Crippen molar-refractivity contribution >= 4 is 17.1 Å². The number of aliphatic imine (C=N–C) groups is 1. The van der Waals surface area contributed by atoms with Gasteiger partial charge in [-0.15, -0.1) is 0 Å². The van der Waals surface area contributed by atoms with Crippen LogP contribution in [-0.4, -0.2) is 22.6 Å². The van der Waals surface area contributed by atoms with Crippen LogP contribution in [0.5, 0.6) is 0 Å². The normalized spacial score (nSPS) is 13.7. The molecule has 23 heavy (non-hydrogen) atoms. The van der Waals surface area contributed by atoms with Gasteiger partial charge in [-0.2, -0.15) is 0 Å². The van der Waals surface area contributed by atoms with Crippen molar-refractivity contribution in [2.75, 3.05) is 6.54 Å². The molecule has 3 aromatic rings. The van der Waals surface area contributed by atoms with E-state index in [0.717, 1.165) is 23.9 Å². The largest absolute Gasteiger partial charge is 0.364 e. The van der Waals surface area contributed by atoms with Crippen molar-refractivity contribution in [2.45, 2.75) is 12.8 Å². The third-order valence-corrected chi connectivity index (χ3v) is 4.37. The maximum atomic E-state index is 11.8. The van der Waals surface area contributed by atoms with Gasteiger partial charge in [0.2, 0.25) is 0 Å². The number of carbonyl (C=O) groups excluding carboxylic acids is 1. The molecule has 114 valence electrons. The van der Waals surface area contributed by atoms with E-state index in [1.807, 2.05) is 42.6 Å². The van der Waals surface area contributed by atoms with Gasteiger partial charge in [0, 0.05) is 30.4 Å². The highest BCUT2D eigenvalue weighted by Gasteiger charge is 2.26. The number of fused-ring (bicyclic) bond motifs is 3. The molecule has 0 fully saturated rings. The first-order valence-electron chi connectivity index (χ1n) is 7.75. The predicted molar refractivity (Wildman–Crippen MR) is 90.9 cm³/mol. The highest BCUT2D eigenvalue weighted by Crippen LogP contribution is 2.29. The van der Waals surface area contributed by atoms with Crippen LogP contribution in [-0.2, 0) is 17.6 Å². The Morgan fingerprint density at radius 1 is 1.13 bits per heavy atom. The number of carbonyl (C=O) groups is 1. The van der Waals surface area contributed by atoms with Crippen molar-refractivity contribution in [1.82, 2.24) is 4.40 Å². The molecule has 4 rings (SSSR count). The lowest BCUT2D eigenvalue weighted by molar-refractivity contribution is -0.111. The molecule has 0 saturated heterocycles. The summed E-state index contributed by atoms with van der Waals surface area (Å²) in [6.45, 7) is 0.615. The van der Waals surface area contributed by atoms with Gasteiger partial charge in [0.15, 0.2) is 0 Å². The van der Waals surface area contributed by atoms with Crippen LogP contribution in [0.15, 0.2) is 59.7 Å². The highest BCUT2D eigenvalue weighted by atomic mass is 16.1. The van der Waals surface area contributed by atoms with Crippen LogP contribution in [0.2, 0.25) is 0 Å². The van der Waals surface area contributed by atoms with Crippen LogP contribution in [0.4, 0.5) is 0 Å². The van der Waals surface area contributed by atoms with E-state index in [9.17, 15) is 4.79 Å². The van der Waals surface area contributed by atoms with Crippen LogP contribution in [0.3, 0.4) is 0 Å². The fourth-order valence-corrected chi connectivity index (χ4v) is 3.40. The van der Waals surface area contributed by atoms with E-state index in [4.69, 9.17) is 5.73 Å². The molecule has 0 saturated carbocycles. The molecule has 1 amide bonds. The predicted octanol–water partition coefficient (Wildman–Crippen LogP) is 2.36. The second-order valence-corrected chi connectivity index (χ2v) is 5.76. The quantitative estimate of drug-likeness (QED) is 0.793. The summed E-state index contributed by atoms with van der Waals surface area (Å²) < 4.78 is 2.17. The van der Waals surface area contributed by atoms with E-state index in [1.54, 1.807) is 0 Å². The van der Waals surface area contributed by atoms with Gasteiger partial charge in [-0.3, -0.25) is 9.79 Å². The smallest absolute Gasteiger partial charge is 0.267 e. The maximum Gasteiger partial charge on any atom is 0.267 e. The molecule has 4 nitrogen and oxygen atoms in total. The lowest BCUT2D eigenvalue weighted by atomic mass is 9.96. The number of aromatic nitrogens is 1. The van der Waals surface area contributed by atoms with Gasteiger partial charge in [0.1, 0.15) is 5.71 Å². The van der Waals surface area contributed by atoms with Crippen LogP contribution in [0.25, 0.3) is 5.52 Å². The number of primary amides is 1. The number of rotatable bonds is 3. The van der Waals surface area contributed by atoms with E-state index in [-0.39, 0.29) is 0 Å². The Morgan fingerprint density at radius 3 is 2.70 bits per heavy atom. The van der Waals surface area contributed by atoms with Gasteiger partial charge in [-0.25, -0.2) is 0 Å². The summed E-state index contributed by atoms with van der Waals surface area (Å²) in [6.07, 6.45) is 3.72. The van der Waals surface area contributed by atoms with Crippen molar-refractivity contribution in [3.05, 3.63) is 77.1 Å². The minimum atomic E-state index is -0.450.